The highest BCUT2D eigenvalue weighted by molar-refractivity contribution is 6.14. The van der Waals surface area contributed by atoms with Crippen LogP contribution in [0.1, 0.15) is 26.3 Å². The summed E-state index contributed by atoms with van der Waals surface area (Å²) in [6.07, 6.45) is -4.54. The van der Waals surface area contributed by atoms with Crippen molar-refractivity contribution in [1.29, 1.82) is 0 Å². The standard InChI is InChI=1S/C23H19F3N2O4/c1-31-18-11-6-12-19(32-2)20(18)22(30)28-17-10-4-3-9-16(17)21(29)27-15-8-5-7-14(13-15)23(24,25)26/h3-13H,1-2H3,(H,27,29)(H,28,30). The number of para-hydroxylation sites is 1. The van der Waals surface area contributed by atoms with Crippen LogP contribution in [-0.4, -0.2) is 26.0 Å². The molecule has 3 aromatic rings. The van der Waals surface area contributed by atoms with Crippen molar-refractivity contribution >= 4 is 23.2 Å². The molecule has 0 fully saturated rings. The molecule has 0 saturated carbocycles. The molecule has 0 bridgehead atoms. The van der Waals surface area contributed by atoms with Crippen molar-refractivity contribution in [2.45, 2.75) is 6.18 Å². The number of halogens is 3. The van der Waals surface area contributed by atoms with Crippen LogP contribution >= 0.6 is 0 Å². The average molecular weight is 444 g/mol. The van der Waals surface area contributed by atoms with Gasteiger partial charge in [-0.25, -0.2) is 0 Å². The molecule has 6 nitrogen and oxygen atoms in total. The van der Waals surface area contributed by atoms with E-state index in [0.29, 0.717) is 0 Å². The lowest BCUT2D eigenvalue weighted by Gasteiger charge is -2.15. The molecule has 0 radical (unpaired) electrons. The number of carbonyl (C=O) groups excluding carboxylic acids is 2. The highest BCUT2D eigenvalue weighted by Gasteiger charge is 2.30. The minimum atomic E-state index is -4.54. The Balaban J connectivity index is 1.87. The predicted octanol–water partition coefficient (Wildman–Crippen LogP) is 5.23. The second-order valence-electron chi connectivity index (χ2n) is 6.57. The van der Waals surface area contributed by atoms with Crippen molar-refractivity contribution in [3.63, 3.8) is 0 Å². The number of methoxy groups -OCH3 is 2. The van der Waals surface area contributed by atoms with E-state index in [2.05, 4.69) is 10.6 Å². The third-order valence-corrected chi connectivity index (χ3v) is 4.52. The van der Waals surface area contributed by atoms with Gasteiger partial charge in [-0.3, -0.25) is 9.59 Å². The average Bonchev–Trinajstić information content (AvgIpc) is 2.78. The first-order chi connectivity index (χ1) is 15.2. The molecule has 166 valence electrons. The third-order valence-electron chi connectivity index (χ3n) is 4.52. The summed E-state index contributed by atoms with van der Waals surface area (Å²) < 4.78 is 49.3. The Kier molecular flexibility index (Phi) is 6.67. The molecule has 0 saturated heterocycles. The number of carbonyl (C=O) groups is 2. The molecule has 0 atom stereocenters. The Bertz CT molecular complexity index is 1120. The van der Waals surface area contributed by atoms with Gasteiger partial charge < -0.3 is 20.1 Å². The number of alkyl halides is 3. The minimum Gasteiger partial charge on any atom is -0.496 e. The van der Waals surface area contributed by atoms with Crippen LogP contribution in [0.5, 0.6) is 11.5 Å². The van der Waals surface area contributed by atoms with Gasteiger partial charge in [0, 0.05) is 5.69 Å². The van der Waals surface area contributed by atoms with Gasteiger partial charge in [0.2, 0.25) is 0 Å². The van der Waals surface area contributed by atoms with Crippen LogP contribution in [0.3, 0.4) is 0 Å². The summed E-state index contributed by atoms with van der Waals surface area (Å²) in [5.41, 5.74) is -0.565. The Morgan fingerprint density at radius 3 is 2.03 bits per heavy atom. The first-order valence-electron chi connectivity index (χ1n) is 9.34. The number of benzene rings is 3. The molecular weight excluding hydrogens is 425 g/mol. The van der Waals surface area contributed by atoms with Crippen molar-refractivity contribution in [1.82, 2.24) is 0 Å². The second-order valence-corrected chi connectivity index (χ2v) is 6.57. The molecule has 32 heavy (non-hydrogen) atoms. The number of hydrogen-bond donors (Lipinski definition) is 2. The van der Waals surface area contributed by atoms with Gasteiger partial charge >= 0.3 is 6.18 Å². The molecular formula is C23H19F3N2O4. The van der Waals surface area contributed by atoms with Crippen LogP contribution < -0.4 is 20.1 Å². The molecule has 0 aliphatic carbocycles. The minimum absolute atomic E-state index is 0.0302. The molecule has 0 aliphatic rings. The van der Waals surface area contributed by atoms with E-state index in [1.807, 2.05) is 0 Å². The SMILES string of the molecule is COc1cccc(OC)c1C(=O)Nc1ccccc1C(=O)Nc1cccc(C(F)(F)F)c1. The summed E-state index contributed by atoms with van der Waals surface area (Å²) in [6.45, 7) is 0. The van der Waals surface area contributed by atoms with E-state index >= 15 is 0 Å². The van der Waals surface area contributed by atoms with Gasteiger partial charge in [-0.15, -0.1) is 0 Å². The lowest BCUT2D eigenvalue weighted by Crippen LogP contribution is -2.19. The Morgan fingerprint density at radius 1 is 0.781 bits per heavy atom. The molecule has 0 unspecified atom stereocenters. The van der Waals surface area contributed by atoms with E-state index in [-0.39, 0.29) is 34.0 Å². The maximum atomic E-state index is 12.9. The van der Waals surface area contributed by atoms with Crippen LogP contribution in [0, 0.1) is 0 Å². The molecule has 0 aliphatic heterocycles. The third kappa shape index (κ3) is 5.00. The summed E-state index contributed by atoms with van der Waals surface area (Å²) in [4.78, 5) is 25.7. The van der Waals surface area contributed by atoms with Crippen LogP contribution in [0.4, 0.5) is 24.5 Å². The number of hydrogen-bond acceptors (Lipinski definition) is 4. The fraction of sp³-hybridized carbons (Fsp3) is 0.130. The van der Waals surface area contributed by atoms with Crippen molar-refractivity contribution in [2.75, 3.05) is 24.9 Å². The van der Waals surface area contributed by atoms with Gasteiger partial charge in [0.15, 0.2) is 0 Å². The van der Waals surface area contributed by atoms with Crippen molar-refractivity contribution in [2.24, 2.45) is 0 Å². The Morgan fingerprint density at radius 2 is 1.41 bits per heavy atom. The van der Waals surface area contributed by atoms with Crippen LogP contribution in [0.15, 0.2) is 66.7 Å². The van der Waals surface area contributed by atoms with Crippen molar-refractivity contribution < 1.29 is 32.2 Å². The molecule has 3 aromatic carbocycles. The van der Waals surface area contributed by atoms with Gasteiger partial charge in [-0.05, 0) is 42.5 Å². The van der Waals surface area contributed by atoms with E-state index in [1.54, 1.807) is 30.3 Å². The van der Waals surface area contributed by atoms with Crippen molar-refractivity contribution in [3.8, 4) is 11.5 Å². The zero-order chi connectivity index (χ0) is 23.3. The van der Waals surface area contributed by atoms with Gasteiger partial charge in [0.25, 0.3) is 11.8 Å². The highest BCUT2D eigenvalue weighted by Crippen LogP contribution is 2.32. The van der Waals surface area contributed by atoms with E-state index in [9.17, 15) is 22.8 Å². The van der Waals surface area contributed by atoms with Crippen molar-refractivity contribution in [3.05, 3.63) is 83.4 Å². The first kappa shape index (κ1) is 22.7. The number of anilines is 2. The number of nitrogens with one attached hydrogen (secondary N) is 2. The molecule has 2 N–H and O–H groups in total. The van der Waals surface area contributed by atoms with Crippen LogP contribution in [-0.2, 0) is 6.18 Å². The van der Waals surface area contributed by atoms with Crippen LogP contribution in [0.25, 0.3) is 0 Å². The van der Waals surface area contributed by atoms with E-state index in [4.69, 9.17) is 9.47 Å². The quantitative estimate of drug-likeness (QED) is 0.546. The normalized spacial score (nSPS) is 10.9. The molecule has 0 aromatic heterocycles. The molecule has 9 heteroatoms. The summed E-state index contributed by atoms with van der Waals surface area (Å²) in [7, 11) is 2.81. The first-order valence-corrected chi connectivity index (χ1v) is 9.34. The second kappa shape index (κ2) is 9.42. The zero-order valence-electron chi connectivity index (χ0n) is 17.1. The smallest absolute Gasteiger partial charge is 0.416 e. The van der Waals surface area contributed by atoms with E-state index < -0.39 is 23.6 Å². The fourth-order valence-corrected chi connectivity index (χ4v) is 3.02. The summed E-state index contributed by atoms with van der Waals surface area (Å²) in [6, 6.07) is 15.2. The van der Waals surface area contributed by atoms with Crippen LogP contribution in [0.2, 0.25) is 0 Å². The maximum absolute atomic E-state index is 12.9. The Hall–Kier alpha value is -4.01. The molecule has 2 amide bonds. The maximum Gasteiger partial charge on any atom is 0.416 e. The number of ether oxygens (including phenoxy) is 2. The monoisotopic (exact) mass is 444 g/mol. The summed E-state index contributed by atoms with van der Waals surface area (Å²) >= 11 is 0. The molecule has 3 rings (SSSR count). The number of amides is 2. The zero-order valence-corrected chi connectivity index (χ0v) is 17.1. The lowest BCUT2D eigenvalue weighted by atomic mass is 10.1. The van der Waals surface area contributed by atoms with Gasteiger partial charge in [-0.1, -0.05) is 24.3 Å². The van der Waals surface area contributed by atoms with Gasteiger partial charge in [-0.2, -0.15) is 13.2 Å². The Labute approximate surface area is 182 Å². The predicted molar refractivity (Wildman–Crippen MR) is 113 cm³/mol. The van der Waals surface area contributed by atoms with E-state index in [1.165, 1.54) is 38.5 Å². The molecule has 0 heterocycles. The van der Waals surface area contributed by atoms with Gasteiger partial charge in [0.1, 0.15) is 17.1 Å². The lowest BCUT2D eigenvalue weighted by molar-refractivity contribution is -0.137. The highest BCUT2D eigenvalue weighted by atomic mass is 19.4. The fourth-order valence-electron chi connectivity index (χ4n) is 3.02. The summed E-state index contributed by atoms with van der Waals surface area (Å²) in [5.74, 6) is -0.730. The van der Waals surface area contributed by atoms with Gasteiger partial charge in [0.05, 0.1) is 31.0 Å². The number of rotatable bonds is 6. The molecule has 0 spiro atoms. The van der Waals surface area contributed by atoms with E-state index in [0.717, 1.165) is 12.1 Å². The summed E-state index contributed by atoms with van der Waals surface area (Å²) in [5, 5.41) is 5.07. The topological polar surface area (TPSA) is 76.7 Å². The largest absolute Gasteiger partial charge is 0.496 e.